The number of aliphatic hydroxyl groups is 1. The van der Waals surface area contributed by atoms with Gasteiger partial charge in [-0.3, -0.25) is 0 Å². The van der Waals surface area contributed by atoms with Gasteiger partial charge >= 0.3 is 0 Å². The summed E-state index contributed by atoms with van der Waals surface area (Å²) in [5.41, 5.74) is 1.86. The van der Waals surface area contributed by atoms with E-state index in [0.29, 0.717) is 13.0 Å². The Hall–Kier alpha value is -1.20. The number of ether oxygens (including phenoxy) is 2. The number of fused-ring (bicyclic) bond motifs is 1. The zero-order chi connectivity index (χ0) is 13.0. The molecule has 0 bridgehead atoms. The Balaban J connectivity index is 1.83. The van der Waals surface area contributed by atoms with Crippen LogP contribution in [-0.2, 0) is 11.2 Å². The maximum absolute atomic E-state index is 11.8. The zero-order valence-corrected chi connectivity index (χ0v) is 9.94. The highest BCUT2D eigenvalue weighted by Gasteiger charge is 2.15. The van der Waals surface area contributed by atoms with Gasteiger partial charge in [0.25, 0.3) is 6.43 Å². The van der Waals surface area contributed by atoms with E-state index in [2.05, 4.69) is 0 Å². The fourth-order valence-corrected chi connectivity index (χ4v) is 1.95. The molecular formula is C13H16F2O3. The Kier molecular flexibility index (Phi) is 4.49. The average molecular weight is 258 g/mol. The first kappa shape index (κ1) is 13.2. The Morgan fingerprint density at radius 1 is 1.39 bits per heavy atom. The van der Waals surface area contributed by atoms with E-state index in [1.165, 1.54) is 0 Å². The van der Waals surface area contributed by atoms with Gasteiger partial charge in [0.1, 0.15) is 12.4 Å². The Morgan fingerprint density at radius 3 is 3.00 bits per heavy atom. The fourth-order valence-electron chi connectivity index (χ4n) is 1.95. The molecule has 18 heavy (non-hydrogen) atoms. The van der Waals surface area contributed by atoms with E-state index < -0.39 is 19.1 Å². The van der Waals surface area contributed by atoms with Gasteiger partial charge in [-0.25, -0.2) is 8.78 Å². The molecule has 0 aromatic heterocycles. The molecule has 1 aromatic carbocycles. The monoisotopic (exact) mass is 258 g/mol. The Bertz CT molecular complexity index is 396. The summed E-state index contributed by atoms with van der Waals surface area (Å²) in [4.78, 5) is 0. The van der Waals surface area contributed by atoms with E-state index in [-0.39, 0.29) is 6.61 Å². The van der Waals surface area contributed by atoms with Crippen LogP contribution < -0.4 is 4.74 Å². The first-order chi connectivity index (χ1) is 8.66. The van der Waals surface area contributed by atoms with Crippen molar-refractivity contribution in [2.75, 3.05) is 19.8 Å². The second-order valence-corrected chi connectivity index (χ2v) is 4.24. The van der Waals surface area contributed by atoms with Crippen molar-refractivity contribution in [3.63, 3.8) is 0 Å². The molecule has 1 N–H and O–H groups in total. The minimum Gasteiger partial charge on any atom is -0.493 e. The minimum atomic E-state index is -2.46. The predicted octanol–water partition coefficient (Wildman–Crippen LogP) is 2.33. The van der Waals surface area contributed by atoms with Gasteiger partial charge in [0.05, 0.1) is 12.7 Å². The Morgan fingerprint density at radius 2 is 2.22 bits per heavy atom. The highest BCUT2D eigenvalue weighted by Crippen LogP contribution is 2.29. The van der Waals surface area contributed by atoms with Crippen molar-refractivity contribution in [1.82, 2.24) is 0 Å². The van der Waals surface area contributed by atoms with Crippen molar-refractivity contribution < 1.29 is 23.4 Å². The number of alkyl halides is 2. The van der Waals surface area contributed by atoms with E-state index in [1.807, 2.05) is 12.1 Å². The second kappa shape index (κ2) is 6.11. The molecule has 2 rings (SSSR count). The molecule has 0 amide bonds. The second-order valence-electron chi connectivity index (χ2n) is 4.24. The number of rotatable bonds is 6. The van der Waals surface area contributed by atoms with E-state index in [4.69, 9.17) is 9.47 Å². The molecule has 0 saturated heterocycles. The van der Waals surface area contributed by atoms with Gasteiger partial charge in [-0.05, 0) is 23.3 Å². The molecule has 1 heterocycles. The van der Waals surface area contributed by atoms with Crippen LogP contribution in [0.4, 0.5) is 8.78 Å². The summed E-state index contributed by atoms with van der Waals surface area (Å²) in [6, 6.07) is 5.53. The molecule has 0 radical (unpaired) electrons. The van der Waals surface area contributed by atoms with Crippen molar-refractivity contribution in [1.29, 1.82) is 0 Å². The van der Waals surface area contributed by atoms with Crippen LogP contribution in [0, 0.1) is 0 Å². The quantitative estimate of drug-likeness (QED) is 0.796. The van der Waals surface area contributed by atoms with E-state index in [0.717, 1.165) is 23.3 Å². The summed E-state index contributed by atoms with van der Waals surface area (Å²) in [7, 11) is 0. The zero-order valence-electron chi connectivity index (χ0n) is 9.94. The third-order valence-corrected chi connectivity index (χ3v) is 2.88. The average Bonchev–Trinajstić information content (AvgIpc) is 2.81. The molecule has 0 aliphatic carbocycles. The topological polar surface area (TPSA) is 38.7 Å². The third kappa shape index (κ3) is 3.40. The lowest BCUT2D eigenvalue weighted by Gasteiger charge is -2.12. The fraction of sp³-hybridized carbons (Fsp3) is 0.538. The molecule has 1 aromatic rings. The molecule has 0 spiro atoms. The molecule has 1 atom stereocenters. The maximum Gasteiger partial charge on any atom is 0.261 e. The van der Waals surface area contributed by atoms with Crippen LogP contribution in [0.15, 0.2) is 18.2 Å². The number of hydrogen-bond acceptors (Lipinski definition) is 3. The number of benzene rings is 1. The largest absolute Gasteiger partial charge is 0.493 e. The van der Waals surface area contributed by atoms with Crippen molar-refractivity contribution in [2.45, 2.75) is 25.4 Å². The van der Waals surface area contributed by atoms with E-state index in [9.17, 15) is 13.9 Å². The summed E-state index contributed by atoms with van der Waals surface area (Å²) < 4.78 is 33.8. The molecule has 3 nitrogen and oxygen atoms in total. The number of halogens is 2. The lowest BCUT2D eigenvalue weighted by Crippen LogP contribution is -2.08. The summed E-state index contributed by atoms with van der Waals surface area (Å²) in [6.45, 7) is 0.218. The summed E-state index contributed by atoms with van der Waals surface area (Å²) >= 11 is 0. The molecule has 1 aliphatic heterocycles. The molecule has 0 saturated carbocycles. The number of hydrogen-bond donors (Lipinski definition) is 1. The van der Waals surface area contributed by atoms with Crippen LogP contribution in [0.1, 0.15) is 23.7 Å². The summed E-state index contributed by atoms with van der Waals surface area (Å²) in [5, 5.41) is 9.91. The van der Waals surface area contributed by atoms with Crippen molar-refractivity contribution in [2.24, 2.45) is 0 Å². The van der Waals surface area contributed by atoms with Crippen LogP contribution in [0.5, 0.6) is 5.75 Å². The Labute approximate surface area is 104 Å². The summed E-state index contributed by atoms with van der Waals surface area (Å²) in [5.74, 6) is 0.861. The van der Waals surface area contributed by atoms with Gasteiger partial charge in [-0.2, -0.15) is 0 Å². The van der Waals surface area contributed by atoms with Crippen molar-refractivity contribution >= 4 is 0 Å². The molecule has 100 valence electrons. The predicted molar refractivity (Wildman–Crippen MR) is 62.0 cm³/mol. The molecule has 0 fully saturated rings. The van der Waals surface area contributed by atoms with Crippen LogP contribution in [0.2, 0.25) is 0 Å². The minimum absolute atomic E-state index is 0.124. The number of aliphatic hydroxyl groups excluding tert-OH is 1. The van der Waals surface area contributed by atoms with Crippen molar-refractivity contribution in [3.05, 3.63) is 29.3 Å². The van der Waals surface area contributed by atoms with E-state index in [1.54, 1.807) is 6.07 Å². The van der Waals surface area contributed by atoms with Crippen LogP contribution in [0.3, 0.4) is 0 Å². The van der Waals surface area contributed by atoms with E-state index >= 15 is 0 Å². The first-order valence-electron chi connectivity index (χ1n) is 5.96. The molecule has 1 unspecified atom stereocenters. The van der Waals surface area contributed by atoms with Crippen molar-refractivity contribution in [3.8, 4) is 5.75 Å². The lowest BCUT2D eigenvalue weighted by molar-refractivity contribution is 0.00481. The third-order valence-electron chi connectivity index (χ3n) is 2.88. The highest BCUT2D eigenvalue weighted by atomic mass is 19.3. The molecule has 5 heteroatoms. The normalized spacial score (nSPS) is 15.6. The molecular weight excluding hydrogens is 242 g/mol. The lowest BCUT2D eigenvalue weighted by atomic mass is 10.0. The van der Waals surface area contributed by atoms with Crippen LogP contribution in [0.25, 0.3) is 0 Å². The van der Waals surface area contributed by atoms with Gasteiger partial charge in [-0.15, -0.1) is 0 Å². The molecule has 1 aliphatic rings. The van der Waals surface area contributed by atoms with Gasteiger partial charge in [-0.1, -0.05) is 6.07 Å². The highest BCUT2D eigenvalue weighted by molar-refractivity contribution is 5.40. The van der Waals surface area contributed by atoms with Crippen LogP contribution in [-0.4, -0.2) is 31.4 Å². The first-order valence-corrected chi connectivity index (χ1v) is 5.96. The van der Waals surface area contributed by atoms with Gasteiger partial charge < -0.3 is 14.6 Å². The van der Waals surface area contributed by atoms with Gasteiger partial charge in [0.15, 0.2) is 0 Å². The van der Waals surface area contributed by atoms with Gasteiger partial charge in [0.2, 0.25) is 0 Å². The maximum atomic E-state index is 11.8. The van der Waals surface area contributed by atoms with Crippen LogP contribution >= 0.6 is 0 Å². The smallest absolute Gasteiger partial charge is 0.261 e. The summed E-state index contributed by atoms with van der Waals surface area (Å²) in [6.07, 6.45) is -1.99. The standard InChI is InChI=1S/C13H16F2O3/c14-13(15)8-17-5-4-11(16)9-1-2-12-10(7-9)3-6-18-12/h1-2,7,11,13,16H,3-6,8H2. The SMILES string of the molecule is OC(CCOCC(F)F)c1ccc2c(c1)CCO2. The van der Waals surface area contributed by atoms with Gasteiger partial charge in [0, 0.05) is 19.4 Å².